The van der Waals surface area contributed by atoms with Crippen molar-refractivity contribution in [3.05, 3.63) is 48.5 Å². The van der Waals surface area contributed by atoms with Crippen LogP contribution in [0.4, 0.5) is 11.4 Å². The van der Waals surface area contributed by atoms with Gasteiger partial charge in [-0.1, -0.05) is 12.1 Å². The van der Waals surface area contributed by atoms with Crippen molar-refractivity contribution in [2.75, 3.05) is 29.9 Å². The molecule has 1 amide bonds. The number of amides is 1. The molecule has 0 radical (unpaired) electrons. The number of anilines is 2. The minimum atomic E-state index is -0.641. The van der Waals surface area contributed by atoms with Gasteiger partial charge in [0.1, 0.15) is 6.61 Å². The van der Waals surface area contributed by atoms with Crippen LogP contribution in [0.3, 0.4) is 0 Å². The molecule has 0 bridgehead atoms. The first-order valence-corrected chi connectivity index (χ1v) is 8.34. The summed E-state index contributed by atoms with van der Waals surface area (Å²) in [5, 5.41) is 2.90. The van der Waals surface area contributed by atoms with Gasteiger partial charge in [0.25, 0.3) is 5.91 Å². The molecular formula is C19H20N2O3. The summed E-state index contributed by atoms with van der Waals surface area (Å²) in [6.45, 7) is 2.44. The molecule has 1 fully saturated rings. The molecule has 2 aliphatic rings. The van der Waals surface area contributed by atoms with Gasteiger partial charge in [-0.15, -0.1) is 0 Å². The van der Waals surface area contributed by atoms with Crippen LogP contribution in [0.2, 0.25) is 0 Å². The molecule has 5 heteroatoms. The normalized spacial score (nSPS) is 19.2. The molecule has 2 aromatic rings. The lowest BCUT2D eigenvalue weighted by Crippen LogP contribution is -2.40. The van der Waals surface area contributed by atoms with E-state index in [1.165, 1.54) is 18.5 Å². The zero-order chi connectivity index (χ0) is 16.4. The quantitative estimate of drug-likeness (QED) is 0.943. The van der Waals surface area contributed by atoms with Gasteiger partial charge in [0, 0.05) is 24.5 Å². The van der Waals surface area contributed by atoms with Gasteiger partial charge in [0.15, 0.2) is 11.5 Å². The Morgan fingerprint density at radius 3 is 2.46 bits per heavy atom. The Bertz CT molecular complexity index is 724. The van der Waals surface area contributed by atoms with Gasteiger partial charge < -0.3 is 19.7 Å². The Morgan fingerprint density at radius 2 is 1.71 bits per heavy atom. The summed E-state index contributed by atoms with van der Waals surface area (Å²) in [4.78, 5) is 14.8. The summed E-state index contributed by atoms with van der Waals surface area (Å²) in [5.74, 6) is 1.09. The molecule has 0 saturated carbocycles. The molecular weight excluding hydrogens is 304 g/mol. The van der Waals surface area contributed by atoms with Crippen LogP contribution in [0, 0.1) is 0 Å². The molecule has 124 valence electrons. The Labute approximate surface area is 141 Å². The zero-order valence-electron chi connectivity index (χ0n) is 13.4. The number of hydrogen-bond donors (Lipinski definition) is 1. The van der Waals surface area contributed by atoms with Crippen LogP contribution in [-0.2, 0) is 4.79 Å². The monoisotopic (exact) mass is 324 g/mol. The fourth-order valence-electron chi connectivity index (χ4n) is 3.10. The number of hydrogen-bond acceptors (Lipinski definition) is 4. The van der Waals surface area contributed by atoms with E-state index in [0.717, 1.165) is 18.8 Å². The highest BCUT2D eigenvalue weighted by Gasteiger charge is 2.27. The molecule has 0 spiro atoms. The maximum absolute atomic E-state index is 12.4. The SMILES string of the molecule is O=C(Nc1ccc(N2CCCC2)cc1)[C@H]1COc2ccccc2O1. The highest BCUT2D eigenvalue weighted by molar-refractivity contribution is 5.94. The molecule has 24 heavy (non-hydrogen) atoms. The summed E-state index contributed by atoms with van der Waals surface area (Å²) >= 11 is 0. The van der Waals surface area contributed by atoms with Crippen molar-refractivity contribution < 1.29 is 14.3 Å². The average Bonchev–Trinajstić information content (AvgIpc) is 3.16. The third-order valence-electron chi connectivity index (χ3n) is 4.41. The number of ether oxygens (including phenoxy) is 2. The van der Waals surface area contributed by atoms with Gasteiger partial charge in [-0.25, -0.2) is 0 Å². The molecule has 5 nitrogen and oxygen atoms in total. The van der Waals surface area contributed by atoms with Crippen molar-refractivity contribution >= 4 is 17.3 Å². The van der Waals surface area contributed by atoms with Crippen LogP contribution in [0.1, 0.15) is 12.8 Å². The molecule has 2 aliphatic heterocycles. The Balaban J connectivity index is 1.39. The number of nitrogens with zero attached hydrogens (tertiary/aromatic N) is 1. The molecule has 1 N–H and O–H groups in total. The van der Waals surface area contributed by atoms with E-state index in [1.807, 2.05) is 30.3 Å². The maximum atomic E-state index is 12.4. The predicted molar refractivity (Wildman–Crippen MR) is 92.9 cm³/mol. The van der Waals surface area contributed by atoms with Crippen LogP contribution >= 0.6 is 0 Å². The highest BCUT2D eigenvalue weighted by Crippen LogP contribution is 2.31. The first-order valence-electron chi connectivity index (χ1n) is 8.34. The molecule has 1 atom stereocenters. The third-order valence-corrected chi connectivity index (χ3v) is 4.41. The molecule has 0 unspecified atom stereocenters. The second-order valence-electron chi connectivity index (χ2n) is 6.09. The van der Waals surface area contributed by atoms with Gasteiger partial charge in [-0.3, -0.25) is 4.79 Å². The molecule has 0 aliphatic carbocycles. The van der Waals surface area contributed by atoms with E-state index >= 15 is 0 Å². The lowest BCUT2D eigenvalue weighted by Gasteiger charge is -2.25. The number of benzene rings is 2. The van der Waals surface area contributed by atoms with E-state index < -0.39 is 6.10 Å². The molecule has 1 saturated heterocycles. The van der Waals surface area contributed by atoms with Crippen LogP contribution in [0.5, 0.6) is 11.5 Å². The first kappa shape index (κ1) is 14.9. The predicted octanol–water partition coefficient (Wildman–Crippen LogP) is 3.07. The molecule has 2 aromatic carbocycles. The van der Waals surface area contributed by atoms with E-state index in [2.05, 4.69) is 22.3 Å². The van der Waals surface area contributed by atoms with Crippen molar-refractivity contribution in [2.24, 2.45) is 0 Å². The third kappa shape index (κ3) is 3.02. The first-order chi connectivity index (χ1) is 11.8. The number of para-hydroxylation sites is 2. The van der Waals surface area contributed by atoms with E-state index in [9.17, 15) is 4.79 Å². The maximum Gasteiger partial charge on any atom is 0.269 e. The largest absolute Gasteiger partial charge is 0.485 e. The number of fused-ring (bicyclic) bond motifs is 1. The minimum Gasteiger partial charge on any atom is -0.485 e. The van der Waals surface area contributed by atoms with Crippen LogP contribution in [0.15, 0.2) is 48.5 Å². The van der Waals surface area contributed by atoms with Gasteiger partial charge in [-0.05, 0) is 49.2 Å². The second-order valence-corrected chi connectivity index (χ2v) is 6.09. The van der Waals surface area contributed by atoms with Crippen molar-refractivity contribution in [2.45, 2.75) is 18.9 Å². The Morgan fingerprint density at radius 1 is 1.00 bits per heavy atom. The van der Waals surface area contributed by atoms with Crippen molar-refractivity contribution in [3.8, 4) is 11.5 Å². The molecule has 0 aromatic heterocycles. The fourth-order valence-corrected chi connectivity index (χ4v) is 3.10. The van der Waals surface area contributed by atoms with Crippen LogP contribution < -0.4 is 19.7 Å². The summed E-state index contributed by atoms with van der Waals surface area (Å²) in [6.07, 6.45) is 1.86. The van der Waals surface area contributed by atoms with Crippen molar-refractivity contribution in [1.29, 1.82) is 0 Å². The smallest absolute Gasteiger partial charge is 0.269 e. The van der Waals surface area contributed by atoms with Crippen molar-refractivity contribution in [3.63, 3.8) is 0 Å². The minimum absolute atomic E-state index is 0.196. The second kappa shape index (κ2) is 6.43. The number of carbonyl (C=O) groups is 1. The van der Waals surface area contributed by atoms with E-state index in [1.54, 1.807) is 6.07 Å². The van der Waals surface area contributed by atoms with Gasteiger partial charge in [-0.2, -0.15) is 0 Å². The van der Waals surface area contributed by atoms with Crippen molar-refractivity contribution in [1.82, 2.24) is 0 Å². The van der Waals surface area contributed by atoms with E-state index in [0.29, 0.717) is 11.5 Å². The van der Waals surface area contributed by atoms with Crippen LogP contribution in [0.25, 0.3) is 0 Å². The van der Waals surface area contributed by atoms with Crippen LogP contribution in [-0.4, -0.2) is 31.7 Å². The summed E-state index contributed by atoms with van der Waals surface area (Å²) in [6, 6.07) is 15.3. The number of nitrogens with one attached hydrogen (secondary N) is 1. The zero-order valence-corrected chi connectivity index (χ0v) is 13.4. The topological polar surface area (TPSA) is 50.8 Å². The average molecular weight is 324 g/mol. The Kier molecular flexibility index (Phi) is 3.99. The summed E-state index contributed by atoms with van der Waals surface area (Å²) in [5.41, 5.74) is 1.97. The molecule has 4 rings (SSSR count). The fraction of sp³-hybridized carbons (Fsp3) is 0.316. The van der Waals surface area contributed by atoms with Gasteiger partial charge in [0.05, 0.1) is 0 Å². The lowest BCUT2D eigenvalue weighted by molar-refractivity contribution is -0.125. The lowest BCUT2D eigenvalue weighted by atomic mass is 10.2. The number of carbonyl (C=O) groups excluding carboxylic acids is 1. The van der Waals surface area contributed by atoms with E-state index in [-0.39, 0.29) is 12.5 Å². The van der Waals surface area contributed by atoms with Gasteiger partial charge >= 0.3 is 0 Å². The summed E-state index contributed by atoms with van der Waals surface area (Å²) < 4.78 is 11.3. The number of rotatable bonds is 3. The van der Waals surface area contributed by atoms with E-state index in [4.69, 9.17) is 9.47 Å². The molecule has 2 heterocycles. The Hall–Kier alpha value is -2.69. The van der Waals surface area contributed by atoms with Gasteiger partial charge in [0.2, 0.25) is 6.10 Å². The summed E-state index contributed by atoms with van der Waals surface area (Å²) in [7, 11) is 0. The standard InChI is InChI=1S/C19H20N2O3/c22-19(18-13-23-16-5-1-2-6-17(16)24-18)20-14-7-9-15(10-8-14)21-11-3-4-12-21/h1-2,5-10,18H,3-4,11-13H2,(H,20,22)/t18-/m1/s1. The highest BCUT2D eigenvalue weighted by atomic mass is 16.6.